The number of aryl methyl sites for hydroxylation is 2. The summed E-state index contributed by atoms with van der Waals surface area (Å²) in [7, 11) is 0. The monoisotopic (exact) mass is 296 g/mol. The zero-order valence-electron chi connectivity index (χ0n) is 13.1. The van der Waals surface area contributed by atoms with Crippen molar-refractivity contribution in [3.63, 3.8) is 0 Å². The van der Waals surface area contributed by atoms with Gasteiger partial charge in [-0.3, -0.25) is 0 Å². The minimum absolute atomic E-state index is 0.394. The molecule has 0 fully saturated rings. The topological polar surface area (TPSA) is 35.6 Å². The van der Waals surface area contributed by atoms with E-state index in [-0.39, 0.29) is 0 Å². The fourth-order valence-electron chi connectivity index (χ4n) is 3.16. The standard InChI is InChI=1S/C15H25ClN4/c1-6-12(7-2)11(5)20-13(9-16)17-14-10(4)18-19(8-3)15(14)20/h11-12H,6-9H2,1-5H3. The summed E-state index contributed by atoms with van der Waals surface area (Å²) in [5.41, 5.74) is 3.11. The maximum absolute atomic E-state index is 6.13. The van der Waals surface area contributed by atoms with E-state index in [2.05, 4.69) is 37.4 Å². The second kappa shape index (κ2) is 6.17. The maximum atomic E-state index is 6.13. The Balaban J connectivity index is 2.65. The average molecular weight is 297 g/mol. The van der Waals surface area contributed by atoms with Crippen molar-refractivity contribution in [2.45, 2.75) is 65.9 Å². The molecule has 0 saturated heterocycles. The van der Waals surface area contributed by atoms with Gasteiger partial charge in [-0.2, -0.15) is 5.10 Å². The van der Waals surface area contributed by atoms with Crippen LogP contribution in [0.2, 0.25) is 0 Å². The Morgan fingerprint density at radius 2 is 1.85 bits per heavy atom. The summed E-state index contributed by atoms with van der Waals surface area (Å²) in [6.45, 7) is 11.8. The molecule has 0 aromatic carbocycles. The Labute approximate surface area is 126 Å². The summed E-state index contributed by atoms with van der Waals surface area (Å²) in [5, 5.41) is 4.59. The van der Waals surface area contributed by atoms with E-state index in [9.17, 15) is 0 Å². The van der Waals surface area contributed by atoms with Crippen molar-refractivity contribution in [2.24, 2.45) is 5.92 Å². The summed E-state index contributed by atoms with van der Waals surface area (Å²) in [5.74, 6) is 2.04. The SMILES string of the molecule is CCC(CC)C(C)n1c(CCl)nc2c(C)nn(CC)c21. The van der Waals surface area contributed by atoms with Crippen LogP contribution >= 0.6 is 11.6 Å². The lowest BCUT2D eigenvalue weighted by Gasteiger charge is -2.25. The van der Waals surface area contributed by atoms with E-state index in [0.29, 0.717) is 17.8 Å². The number of imidazole rings is 1. The van der Waals surface area contributed by atoms with E-state index in [0.717, 1.165) is 42.1 Å². The highest BCUT2D eigenvalue weighted by Crippen LogP contribution is 2.31. The lowest BCUT2D eigenvalue weighted by molar-refractivity contribution is 0.331. The highest BCUT2D eigenvalue weighted by atomic mass is 35.5. The van der Waals surface area contributed by atoms with Crippen molar-refractivity contribution in [3.8, 4) is 0 Å². The van der Waals surface area contributed by atoms with Gasteiger partial charge in [0.05, 0.1) is 11.6 Å². The van der Waals surface area contributed by atoms with Crippen LogP contribution in [0.5, 0.6) is 0 Å². The molecule has 1 unspecified atom stereocenters. The van der Waals surface area contributed by atoms with Crippen LogP contribution in [0.3, 0.4) is 0 Å². The van der Waals surface area contributed by atoms with Gasteiger partial charge in [-0.15, -0.1) is 11.6 Å². The molecular weight excluding hydrogens is 272 g/mol. The Kier molecular flexibility index (Phi) is 4.74. The first kappa shape index (κ1) is 15.4. The van der Waals surface area contributed by atoms with E-state index in [1.165, 1.54) is 0 Å². The van der Waals surface area contributed by atoms with Crippen LogP contribution in [0.4, 0.5) is 0 Å². The molecule has 2 rings (SSSR count). The molecule has 0 aliphatic carbocycles. The van der Waals surface area contributed by atoms with E-state index >= 15 is 0 Å². The average Bonchev–Trinajstić information content (AvgIpc) is 2.97. The number of fused-ring (bicyclic) bond motifs is 1. The van der Waals surface area contributed by atoms with Gasteiger partial charge in [0.15, 0.2) is 5.65 Å². The molecule has 0 spiro atoms. The molecule has 20 heavy (non-hydrogen) atoms. The van der Waals surface area contributed by atoms with Crippen LogP contribution in [0.25, 0.3) is 11.2 Å². The lowest BCUT2D eigenvalue weighted by atomic mass is 9.95. The van der Waals surface area contributed by atoms with E-state index in [1.54, 1.807) is 0 Å². The molecule has 2 aromatic rings. The molecule has 0 aliphatic rings. The molecule has 112 valence electrons. The number of hydrogen-bond acceptors (Lipinski definition) is 2. The van der Waals surface area contributed by atoms with E-state index < -0.39 is 0 Å². The first-order chi connectivity index (χ1) is 9.58. The molecule has 0 bridgehead atoms. The number of halogens is 1. The van der Waals surface area contributed by atoms with Gasteiger partial charge < -0.3 is 4.57 Å². The molecule has 0 N–H and O–H groups in total. The summed E-state index contributed by atoms with van der Waals surface area (Å²) in [6, 6.07) is 0.394. The summed E-state index contributed by atoms with van der Waals surface area (Å²) in [4.78, 5) is 4.72. The zero-order chi connectivity index (χ0) is 14.9. The van der Waals surface area contributed by atoms with Gasteiger partial charge in [-0.1, -0.05) is 26.7 Å². The van der Waals surface area contributed by atoms with Crippen LogP contribution in [-0.4, -0.2) is 19.3 Å². The fourth-order valence-corrected chi connectivity index (χ4v) is 3.35. The number of alkyl halides is 1. The van der Waals surface area contributed by atoms with Crippen molar-refractivity contribution < 1.29 is 0 Å². The van der Waals surface area contributed by atoms with Gasteiger partial charge in [0.25, 0.3) is 0 Å². The minimum Gasteiger partial charge on any atom is -0.309 e. The largest absolute Gasteiger partial charge is 0.309 e. The van der Waals surface area contributed by atoms with Gasteiger partial charge in [-0.25, -0.2) is 9.67 Å². The van der Waals surface area contributed by atoms with Gasteiger partial charge in [0, 0.05) is 12.6 Å². The quantitative estimate of drug-likeness (QED) is 0.745. The van der Waals surface area contributed by atoms with Gasteiger partial charge in [0.1, 0.15) is 11.3 Å². The first-order valence-electron chi connectivity index (χ1n) is 7.59. The second-order valence-electron chi connectivity index (χ2n) is 5.42. The molecule has 2 aromatic heterocycles. The van der Waals surface area contributed by atoms with E-state index in [4.69, 9.17) is 16.6 Å². The van der Waals surface area contributed by atoms with Crippen molar-refractivity contribution >= 4 is 22.8 Å². The Morgan fingerprint density at radius 1 is 1.20 bits per heavy atom. The van der Waals surface area contributed by atoms with Crippen LogP contribution in [0, 0.1) is 12.8 Å². The highest BCUT2D eigenvalue weighted by Gasteiger charge is 2.24. The fraction of sp³-hybridized carbons (Fsp3) is 0.733. The molecular formula is C15H25ClN4. The van der Waals surface area contributed by atoms with Crippen molar-refractivity contribution in [3.05, 3.63) is 11.5 Å². The molecule has 1 atom stereocenters. The highest BCUT2D eigenvalue weighted by molar-refractivity contribution is 6.16. The Morgan fingerprint density at radius 3 is 2.35 bits per heavy atom. The van der Waals surface area contributed by atoms with Gasteiger partial charge >= 0.3 is 0 Å². The molecule has 2 heterocycles. The van der Waals surface area contributed by atoms with Crippen LogP contribution in [0.15, 0.2) is 0 Å². The predicted molar refractivity (Wildman–Crippen MR) is 84.3 cm³/mol. The molecule has 5 heteroatoms. The normalized spacial score (nSPS) is 13.6. The molecule has 4 nitrogen and oxygen atoms in total. The van der Waals surface area contributed by atoms with Crippen LogP contribution < -0.4 is 0 Å². The molecule has 0 amide bonds. The number of rotatable bonds is 6. The van der Waals surface area contributed by atoms with E-state index in [1.807, 2.05) is 11.6 Å². The molecule has 0 aliphatic heterocycles. The predicted octanol–water partition coefficient (Wildman–Crippen LogP) is 4.30. The van der Waals surface area contributed by atoms with Gasteiger partial charge in [-0.05, 0) is 26.7 Å². The van der Waals surface area contributed by atoms with Crippen molar-refractivity contribution in [1.82, 2.24) is 19.3 Å². The lowest BCUT2D eigenvalue weighted by Crippen LogP contribution is -2.19. The minimum atomic E-state index is 0.394. The molecule has 0 radical (unpaired) electrons. The Hall–Kier alpha value is -1.03. The maximum Gasteiger partial charge on any atom is 0.159 e. The number of nitrogens with zero attached hydrogens (tertiary/aromatic N) is 4. The van der Waals surface area contributed by atoms with Gasteiger partial charge in [0.2, 0.25) is 0 Å². The first-order valence-corrected chi connectivity index (χ1v) is 8.12. The third kappa shape index (κ3) is 2.34. The Bertz CT molecular complexity index is 580. The van der Waals surface area contributed by atoms with Crippen molar-refractivity contribution in [2.75, 3.05) is 0 Å². The van der Waals surface area contributed by atoms with Crippen LogP contribution in [-0.2, 0) is 12.4 Å². The van der Waals surface area contributed by atoms with Crippen molar-refractivity contribution in [1.29, 1.82) is 0 Å². The number of hydrogen-bond donors (Lipinski definition) is 0. The second-order valence-corrected chi connectivity index (χ2v) is 5.69. The van der Waals surface area contributed by atoms with Crippen LogP contribution in [0.1, 0.15) is 58.1 Å². The summed E-state index contributed by atoms with van der Waals surface area (Å²) in [6.07, 6.45) is 2.33. The summed E-state index contributed by atoms with van der Waals surface area (Å²) < 4.78 is 4.36. The molecule has 0 saturated carbocycles. The zero-order valence-corrected chi connectivity index (χ0v) is 13.9. The third-order valence-corrected chi connectivity index (χ3v) is 4.61. The third-order valence-electron chi connectivity index (χ3n) is 4.37. The smallest absolute Gasteiger partial charge is 0.159 e. The summed E-state index contributed by atoms with van der Waals surface area (Å²) >= 11 is 6.13. The number of aromatic nitrogens is 4.